The first-order valence-electron chi connectivity index (χ1n) is 7.99. The molecule has 0 spiro atoms. The normalized spacial score (nSPS) is 14.3. The molecule has 1 fully saturated rings. The standard InChI is InChI=1S/C18H19N3OS/c1-21-16-7-6-13(11-15(16)20-17(21)12-4-5-12)18(22)19-9-8-14-3-2-10-23-14/h2-3,6-7,10-12H,4-5,8-9H2,1H3,(H,19,22). The molecular weight excluding hydrogens is 306 g/mol. The topological polar surface area (TPSA) is 46.9 Å². The molecule has 5 heteroatoms. The van der Waals surface area contributed by atoms with E-state index >= 15 is 0 Å². The highest BCUT2D eigenvalue weighted by atomic mass is 32.1. The second-order valence-electron chi connectivity index (χ2n) is 6.09. The molecule has 0 unspecified atom stereocenters. The molecule has 3 aromatic rings. The molecular formula is C18H19N3OS. The first kappa shape index (κ1) is 14.5. The number of hydrogen-bond donors (Lipinski definition) is 1. The SMILES string of the molecule is Cn1c(C2CC2)nc2cc(C(=O)NCCc3cccs3)ccc21. The number of carbonyl (C=O) groups excluding carboxylic acids is 1. The Hall–Kier alpha value is -2.14. The molecule has 2 heterocycles. The van der Waals surface area contributed by atoms with Crippen molar-refractivity contribution in [2.75, 3.05) is 6.54 Å². The quantitative estimate of drug-likeness (QED) is 0.780. The number of hydrogen-bond acceptors (Lipinski definition) is 3. The van der Waals surface area contributed by atoms with Crippen molar-refractivity contribution in [3.8, 4) is 0 Å². The molecule has 23 heavy (non-hydrogen) atoms. The number of benzene rings is 1. The molecule has 2 aromatic heterocycles. The van der Waals surface area contributed by atoms with Crippen LogP contribution in [0.2, 0.25) is 0 Å². The number of nitrogens with zero attached hydrogens (tertiary/aromatic N) is 2. The van der Waals surface area contributed by atoms with Gasteiger partial charge in [-0.2, -0.15) is 0 Å². The van der Waals surface area contributed by atoms with Gasteiger partial charge in [0.15, 0.2) is 0 Å². The van der Waals surface area contributed by atoms with E-state index in [9.17, 15) is 4.79 Å². The minimum atomic E-state index is -0.0259. The zero-order valence-corrected chi connectivity index (χ0v) is 13.9. The lowest BCUT2D eigenvalue weighted by Gasteiger charge is -2.05. The Morgan fingerprint density at radius 2 is 2.26 bits per heavy atom. The summed E-state index contributed by atoms with van der Waals surface area (Å²) >= 11 is 1.72. The summed E-state index contributed by atoms with van der Waals surface area (Å²) in [6.45, 7) is 0.660. The Labute approximate surface area is 139 Å². The average Bonchev–Trinajstić information content (AvgIpc) is 3.17. The molecule has 1 amide bonds. The summed E-state index contributed by atoms with van der Waals surface area (Å²) in [4.78, 5) is 18.3. The van der Waals surface area contributed by atoms with Gasteiger partial charge in [0.1, 0.15) is 5.82 Å². The number of nitrogens with one attached hydrogen (secondary N) is 1. The molecule has 4 nitrogen and oxygen atoms in total. The van der Waals surface area contributed by atoms with Gasteiger partial charge in [-0.3, -0.25) is 4.79 Å². The second-order valence-corrected chi connectivity index (χ2v) is 7.12. The van der Waals surface area contributed by atoms with Crippen molar-refractivity contribution in [1.29, 1.82) is 0 Å². The third-order valence-corrected chi connectivity index (χ3v) is 5.29. The van der Waals surface area contributed by atoms with Gasteiger partial charge >= 0.3 is 0 Å². The van der Waals surface area contributed by atoms with Crippen LogP contribution >= 0.6 is 11.3 Å². The fourth-order valence-electron chi connectivity index (χ4n) is 2.92. The van der Waals surface area contributed by atoms with Gasteiger partial charge < -0.3 is 9.88 Å². The minimum Gasteiger partial charge on any atom is -0.352 e. The van der Waals surface area contributed by atoms with E-state index in [1.807, 2.05) is 24.3 Å². The van der Waals surface area contributed by atoms with Crippen LogP contribution in [-0.2, 0) is 13.5 Å². The van der Waals surface area contributed by atoms with Crippen LogP contribution in [0.25, 0.3) is 11.0 Å². The molecule has 4 rings (SSSR count). The Morgan fingerprint density at radius 3 is 3.00 bits per heavy atom. The van der Waals surface area contributed by atoms with Crippen molar-refractivity contribution >= 4 is 28.3 Å². The summed E-state index contributed by atoms with van der Waals surface area (Å²) in [5.74, 6) is 1.73. The maximum atomic E-state index is 12.3. The van der Waals surface area contributed by atoms with E-state index in [2.05, 4.69) is 28.4 Å². The van der Waals surface area contributed by atoms with Crippen molar-refractivity contribution in [1.82, 2.24) is 14.9 Å². The summed E-state index contributed by atoms with van der Waals surface area (Å²) < 4.78 is 2.16. The van der Waals surface area contributed by atoms with Gasteiger partial charge in [0, 0.05) is 30.0 Å². The van der Waals surface area contributed by atoms with Crippen LogP contribution in [0.4, 0.5) is 0 Å². The van der Waals surface area contributed by atoms with E-state index in [0.717, 1.165) is 23.3 Å². The van der Waals surface area contributed by atoms with Crippen LogP contribution in [0.1, 0.15) is 39.8 Å². The highest BCUT2D eigenvalue weighted by molar-refractivity contribution is 7.09. The molecule has 0 bridgehead atoms. The first-order valence-corrected chi connectivity index (χ1v) is 8.87. The zero-order valence-electron chi connectivity index (χ0n) is 13.1. The van der Waals surface area contributed by atoms with Crippen LogP contribution in [0.5, 0.6) is 0 Å². The zero-order chi connectivity index (χ0) is 15.8. The lowest BCUT2D eigenvalue weighted by Crippen LogP contribution is -2.25. The largest absolute Gasteiger partial charge is 0.352 e. The average molecular weight is 325 g/mol. The van der Waals surface area contributed by atoms with E-state index in [1.54, 1.807) is 11.3 Å². The van der Waals surface area contributed by atoms with Crippen LogP contribution in [0.15, 0.2) is 35.7 Å². The van der Waals surface area contributed by atoms with Crippen LogP contribution < -0.4 is 5.32 Å². The molecule has 0 aliphatic heterocycles. The van der Waals surface area contributed by atoms with Crippen molar-refractivity contribution in [3.05, 3.63) is 52.0 Å². The number of aromatic nitrogens is 2. The Balaban J connectivity index is 1.48. The van der Waals surface area contributed by atoms with Crippen LogP contribution in [0.3, 0.4) is 0 Å². The third-order valence-electron chi connectivity index (χ3n) is 4.36. The summed E-state index contributed by atoms with van der Waals surface area (Å²) in [5, 5.41) is 5.05. The molecule has 1 saturated carbocycles. The predicted molar refractivity (Wildman–Crippen MR) is 93.0 cm³/mol. The Bertz CT molecular complexity index is 847. The van der Waals surface area contributed by atoms with Crippen molar-refractivity contribution in [2.24, 2.45) is 7.05 Å². The van der Waals surface area contributed by atoms with Gasteiger partial charge in [0.05, 0.1) is 11.0 Å². The molecule has 0 atom stereocenters. The predicted octanol–water partition coefficient (Wildman–Crippen LogP) is 3.48. The van der Waals surface area contributed by atoms with E-state index in [-0.39, 0.29) is 5.91 Å². The highest BCUT2D eigenvalue weighted by Crippen LogP contribution is 2.40. The summed E-state index contributed by atoms with van der Waals surface area (Å²) in [7, 11) is 2.06. The summed E-state index contributed by atoms with van der Waals surface area (Å²) in [5.41, 5.74) is 2.70. The fraction of sp³-hybridized carbons (Fsp3) is 0.333. The van der Waals surface area contributed by atoms with Gasteiger partial charge in [-0.25, -0.2) is 4.98 Å². The minimum absolute atomic E-state index is 0.0259. The van der Waals surface area contributed by atoms with E-state index < -0.39 is 0 Å². The lowest BCUT2D eigenvalue weighted by atomic mass is 10.2. The number of thiophene rings is 1. The molecule has 1 N–H and O–H groups in total. The molecule has 0 radical (unpaired) electrons. The molecule has 0 saturated heterocycles. The Kier molecular flexibility index (Phi) is 3.65. The van der Waals surface area contributed by atoms with Crippen molar-refractivity contribution < 1.29 is 4.79 Å². The van der Waals surface area contributed by atoms with Crippen LogP contribution in [0, 0.1) is 0 Å². The smallest absolute Gasteiger partial charge is 0.251 e. The van der Waals surface area contributed by atoms with Gasteiger partial charge in [0.25, 0.3) is 5.91 Å². The van der Waals surface area contributed by atoms with Crippen LogP contribution in [-0.4, -0.2) is 22.0 Å². The Morgan fingerprint density at radius 1 is 1.39 bits per heavy atom. The first-order chi connectivity index (χ1) is 11.2. The van der Waals surface area contributed by atoms with E-state index in [0.29, 0.717) is 18.0 Å². The van der Waals surface area contributed by atoms with E-state index in [4.69, 9.17) is 4.98 Å². The number of rotatable bonds is 5. The fourth-order valence-corrected chi connectivity index (χ4v) is 3.63. The molecule has 1 aromatic carbocycles. The molecule has 1 aliphatic carbocycles. The molecule has 1 aliphatic rings. The van der Waals surface area contributed by atoms with Gasteiger partial charge in [-0.15, -0.1) is 11.3 Å². The third kappa shape index (κ3) is 2.88. The monoisotopic (exact) mass is 325 g/mol. The lowest BCUT2D eigenvalue weighted by molar-refractivity contribution is 0.0954. The maximum Gasteiger partial charge on any atom is 0.251 e. The summed E-state index contributed by atoms with van der Waals surface area (Å²) in [6, 6.07) is 9.93. The molecule has 118 valence electrons. The number of aryl methyl sites for hydroxylation is 1. The van der Waals surface area contributed by atoms with Gasteiger partial charge in [-0.1, -0.05) is 6.07 Å². The van der Waals surface area contributed by atoms with Crippen molar-refractivity contribution in [2.45, 2.75) is 25.2 Å². The van der Waals surface area contributed by atoms with Gasteiger partial charge in [-0.05, 0) is 48.9 Å². The maximum absolute atomic E-state index is 12.3. The van der Waals surface area contributed by atoms with Crippen molar-refractivity contribution in [3.63, 3.8) is 0 Å². The van der Waals surface area contributed by atoms with Gasteiger partial charge in [0.2, 0.25) is 0 Å². The summed E-state index contributed by atoms with van der Waals surface area (Å²) in [6.07, 6.45) is 3.33. The number of amides is 1. The second kappa shape index (κ2) is 5.81. The number of carbonyl (C=O) groups is 1. The van der Waals surface area contributed by atoms with E-state index in [1.165, 1.54) is 17.7 Å². The number of fused-ring (bicyclic) bond motifs is 1. The highest BCUT2D eigenvalue weighted by Gasteiger charge is 2.28. The number of imidazole rings is 1.